The Morgan fingerprint density at radius 3 is 2.16 bits per heavy atom. The number of hydrogen-bond donors (Lipinski definition) is 1. The number of nitrogens with zero attached hydrogens (tertiary/aromatic N) is 2. The number of nitrogens with one attached hydrogen (secondary N) is 1. The largest absolute Gasteiger partial charge is 0.336 e. The van der Waals surface area contributed by atoms with E-state index in [1.54, 1.807) is 0 Å². The minimum atomic E-state index is -1.22. The van der Waals surface area contributed by atoms with E-state index in [2.05, 4.69) is 5.32 Å². The van der Waals surface area contributed by atoms with E-state index in [9.17, 15) is 14.4 Å². The molecule has 2 aliphatic heterocycles. The van der Waals surface area contributed by atoms with Crippen LogP contribution < -0.4 is 5.32 Å². The number of piperidine rings is 1. The first-order chi connectivity index (χ1) is 14.9. The molecule has 31 heavy (non-hydrogen) atoms. The lowest BCUT2D eigenvalue weighted by Crippen LogP contribution is -2.52. The second-order valence-corrected chi connectivity index (χ2v) is 8.69. The number of rotatable bonds is 5. The Bertz CT molecular complexity index is 952. The van der Waals surface area contributed by atoms with Crippen LogP contribution >= 0.6 is 0 Å². The van der Waals surface area contributed by atoms with E-state index < -0.39 is 11.6 Å². The van der Waals surface area contributed by atoms with Crippen molar-refractivity contribution in [2.45, 2.75) is 57.2 Å². The van der Waals surface area contributed by atoms with E-state index in [0.29, 0.717) is 12.0 Å². The highest BCUT2D eigenvalue weighted by molar-refractivity contribution is 6.09. The first kappa shape index (κ1) is 21.1. The van der Waals surface area contributed by atoms with Crippen LogP contribution in [0.5, 0.6) is 0 Å². The van der Waals surface area contributed by atoms with Gasteiger partial charge in [0.15, 0.2) is 5.54 Å². The highest BCUT2D eigenvalue weighted by Gasteiger charge is 2.53. The molecule has 0 radical (unpaired) electrons. The van der Waals surface area contributed by atoms with Gasteiger partial charge in [-0.15, -0.1) is 0 Å². The van der Waals surface area contributed by atoms with Gasteiger partial charge < -0.3 is 10.2 Å². The molecular formula is C25H29N3O3. The van der Waals surface area contributed by atoms with Gasteiger partial charge in [0.2, 0.25) is 5.91 Å². The molecule has 4 rings (SSSR count). The Hall–Kier alpha value is -3.15. The van der Waals surface area contributed by atoms with Crippen molar-refractivity contribution in [1.82, 2.24) is 15.1 Å². The van der Waals surface area contributed by atoms with Crippen LogP contribution in [-0.4, -0.2) is 46.3 Å². The molecule has 0 aromatic heterocycles. The van der Waals surface area contributed by atoms with E-state index in [1.807, 2.05) is 79.4 Å². The Labute approximate surface area is 183 Å². The van der Waals surface area contributed by atoms with Gasteiger partial charge in [0, 0.05) is 18.5 Å². The summed E-state index contributed by atoms with van der Waals surface area (Å²) in [7, 11) is 0. The molecule has 2 aliphatic rings. The Morgan fingerprint density at radius 1 is 0.968 bits per heavy atom. The average Bonchev–Trinajstić information content (AvgIpc) is 3.00. The van der Waals surface area contributed by atoms with Crippen molar-refractivity contribution in [1.29, 1.82) is 0 Å². The molecular weight excluding hydrogens is 390 g/mol. The van der Waals surface area contributed by atoms with Crippen LogP contribution in [0.25, 0.3) is 0 Å². The number of carbonyl (C=O) groups excluding carboxylic acids is 3. The van der Waals surface area contributed by atoms with Crippen molar-refractivity contribution < 1.29 is 14.4 Å². The monoisotopic (exact) mass is 419 g/mol. The molecule has 0 aliphatic carbocycles. The first-order valence-electron chi connectivity index (χ1n) is 11.0. The number of carbonyl (C=O) groups is 3. The van der Waals surface area contributed by atoms with Crippen LogP contribution in [0.15, 0.2) is 60.7 Å². The van der Waals surface area contributed by atoms with E-state index in [0.717, 1.165) is 29.7 Å². The van der Waals surface area contributed by atoms with Crippen molar-refractivity contribution in [3.8, 4) is 0 Å². The van der Waals surface area contributed by atoms with Crippen molar-refractivity contribution in [2.24, 2.45) is 0 Å². The first-order valence-corrected chi connectivity index (χ1v) is 11.0. The molecule has 2 saturated heterocycles. The molecule has 0 saturated carbocycles. The van der Waals surface area contributed by atoms with Gasteiger partial charge >= 0.3 is 6.03 Å². The molecule has 2 aromatic rings. The number of hydrogen-bond acceptors (Lipinski definition) is 3. The fraction of sp³-hybridized carbons (Fsp3) is 0.400. The predicted octanol–water partition coefficient (Wildman–Crippen LogP) is 3.47. The smallest absolute Gasteiger partial charge is 0.325 e. The normalized spacial score (nSPS) is 26.1. The molecule has 0 unspecified atom stereocenters. The highest BCUT2D eigenvalue weighted by atomic mass is 16.2. The van der Waals surface area contributed by atoms with Crippen LogP contribution in [0.1, 0.15) is 44.2 Å². The summed E-state index contributed by atoms with van der Waals surface area (Å²) in [6.07, 6.45) is 3.30. The number of urea groups is 1. The maximum atomic E-state index is 13.7. The summed E-state index contributed by atoms with van der Waals surface area (Å²) in [5.74, 6) is -0.551. The van der Waals surface area contributed by atoms with E-state index in [-0.39, 0.29) is 30.4 Å². The number of likely N-dealkylation sites (tertiary alicyclic amines) is 1. The van der Waals surface area contributed by atoms with E-state index >= 15 is 0 Å². The van der Waals surface area contributed by atoms with Gasteiger partial charge in [0.1, 0.15) is 6.54 Å². The Morgan fingerprint density at radius 2 is 1.55 bits per heavy atom. The number of amides is 4. The SMILES string of the molecule is C[C@@H]1CCC[C@H](C)N1C(=O)CN1C(=O)N[C@](Cc2ccccc2)(c2ccccc2)C1=O. The molecule has 0 bridgehead atoms. The van der Waals surface area contributed by atoms with Gasteiger partial charge in [-0.3, -0.25) is 14.5 Å². The molecule has 2 heterocycles. The lowest BCUT2D eigenvalue weighted by atomic mass is 9.83. The summed E-state index contributed by atoms with van der Waals surface area (Å²) in [6, 6.07) is 18.6. The Kier molecular flexibility index (Phi) is 5.81. The summed E-state index contributed by atoms with van der Waals surface area (Å²) in [6.45, 7) is 3.83. The van der Waals surface area contributed by atoms with Crippen molar-refractivity contribution >= 4 is 17.8 Å². The molecule has 2 aromatic carbocycles. The maximum absolute atomic E-state index is 13.7. The zero-order chi connectivity index (χ0) is 22.0. The summed E-state index contributed by atoms with van der Waals surface area (Å²) in [4.78, 5) is 42.7. The molecule has 6 heteroatoms. The molecule has 0 spiro atoms. The highest BCUT2D eigenvalue weighted by Crippen LogP contribution is 2.33. The van der Waals surface area contributed by atoms with Gasteiger partial charge in [-0.25, -0.2) is 4.79 Å². The third-order valence-electron chi connectivity index (χ3n) is 6.53. The summed E-state index contributed by atoms with van der Waals surface area (Å²) >= 11 is 0. The zero-order valence-corrected chi connectivity index (χ0v) is 18.1. The number of imide groups is 1. The zero-order valence-electron chi connectivity index (χ0n) is 18.1. The van der Waals surface area contributed by atoms with Gasteiger partial charge in [-0.1, -0.05) is 60.7 Å². The third-order valence-corrected chi connectivity index (χ3v) is 6.53. The van der Waals surface area contributed by atoms with Gasteiger partial charge in [0.05, 0.1) is 0 Å². The fourth-order valence-corrected chi connectivity index (χ4v) is 4.94. The molecule has 4 amide bonds. The molecule has 2 fully saturated rings. The van der Waals surface area contributed by atoms with E-state index in [1.165, 1.54) is 0 Å². The maximum Gasteiger partial charge on any atom is 0.325 e. The van der Waals surface area contributed by atoms with Gasteiger partial charge in [0.25, 0.3) is 5.91 Å². The van der Waals surface area contributed by atoms with Crippen molar-refractivity contribution in [2.75, 3.05) is 6.54 Å². The summed E-state index contributed by atoms with van der Waals surface area (Å²) in [5, 5.41) is 2.93. The van der Waals surface area contributed by atoms with Crippen molar-refractivity contribution in [3.05, 3.63) is 71.8 Å². The summed E-state index contributed by atoms with van der Waals surface area (Å²) < 4.78 is 0. The lowest BCUT2D eigenvalue weighted by Gasteiger charge is -2.39. The summed E-state index contributed by atoms with van der Waals surface area (Å²) in [5.41, 5.74) is 0.428. The second kappa shape index (κ2) is 8.53. The quantitative estimate of drug-likeness (QED) is 0.755. The molecule has 1 N–H and O–H groups in total. The minimum Gasteiger partial charge on any atom is -0.336 e. The molecule has 3 atom stereocenters. The van der Waals surface area contributed by atoms with Gasteiger partial charge in [-0.05, 0) is 44.2 Å². The van der Waals surface area contributed by atoms with E-state index in [4.69, 9.17) is 0 Å². The average molecular weight is 420 g/mol. The van der Waals surface area contributed by atoms with Crippen LogP contribution in [0.2, 0.25) is 0 Å². The van der Waals surface area contributed by atoms with Crippen LogP contribution in [0.3, 0.4) is 0 Å². The lowest BCUT2D eigenvalue weighted by molar-refractivity contribution is -0.143. The third kappa shape index (κ3) is 3.94. The predicted molar refractivity (Wildman–Crippen MR) is 118 cm³/mol. The Balaban J connectivity index is 1.63. The topological polar surface area (TPSA) is 69.7 Å². The van der Waals surface area contributed by atoms with Crippen molar-refractivity contribution in [3.63, 3.8) is 0 Å². The molecule has 6 nitrogen and oxygen atoms in total. The van der Waals surface area contributed by atoms with Crippen LogP contribution in [0, 0.1) is 0 Å². The van der Waals surface area contributed by atoms with Gasteiger partial charge in [-0.2, -0.15) is 0 Å². The minimum absolute atomic E-state index is 0.111. The molecule has 162 valence electrons. The second-order valence-electron chi connectivity index (χ2n) is 8.69. The standard InChI is InChI=1S/C25H29N3O3/c1-18-10-9-11-19(2)28(18)22(29)17-27-23(30)25(26-24(27)31,21-14-7-4-8-15-21)16-20-12-5-3-6-13-20/h3-8,12-15,18-19H,9-11,16-17H2,1-2H3,(H,26,31)/t18-,19+,25-/m1/s1. The van der Waals surface area contributed by atoms with Crippen LogP contribution in [0.4, 0.5) is 4.79 Å². The fourth-order valence-electron chi connectivity index (χ4n) is 4.94. The number of benzene rings is 2. The van der Waals surface area contributed by atoms with Crippen LogP contribution in [-0.2, 0) is 21.5 Å².